The smallest absolute Gasteiger partial charge is 0.0595 e. The first-order valence-electron chi connectivity index (χ1n) is 5.50. The van der Waals surface area contributed by atoms with E-state index in [1.807, 2.05) is 18.2 Å². The predicted octanol–water partition coefficient (Wildman–Crippen LogP) is 7.04. The third-order valence-electron chi connectivity index (χ3n) is 2.69. The Morgan fingerprint density at radius 3 is 2.47 bits per heavy atom. The van der Waals surface area contributed by atoms with Crippen LogP contribution in [0.4, 0.5) is 0 Å². The fraction of sp³-hybridized carbons (Fsp3) is 0.143. The second-order valence-electron chi connectivity index (χ2n) is 4.09. The van der Waals surface area contributed by atoms with E-state index in [0.29, 0.717) is 10.0 Å². The van der Waals surface area contributed by atoms with E-state index >= 15 is 0 Å². The van der Waals surface area contributed by atoms with Crippen LogP contribution in [-0.2, 0) is 6.42 Å². The number of rotatable bonds is 3. The molecular formula is C14H9Br2Cl2I. The van der Waals surface area contributed by atoms with Crippen LogP contribution < -0.4 is 0 Å². The molecule has 0 aliphatic carbocycles. The molecule has 0 nitrogen and oxygen atoms in total. The van der Waals surface area contributed by atoms with Crippen molar-refractivity contribution in [2.75, 3.05) is 0 Å². The highest BCUT2D eigenvalue weighted by molar-refractivity contribution is 14.1. The number of halogens is 5. The van der Waals surface area contributed by atoms with Crippen LogP contribution >= 0.6 is 77.7 Å². The zero-order chi connectivity index (χ0) is 14.0. The summed E-state index contributed by atoms with van der Waals surface area (Å²) in [6.45, 7) is 0. The molecule has 0 aliphatic rings. The van der Waals surface area contributed by atoms with Gasteiger partial charge in [-0.15, -0.1) is 0 Å². The molecule has 0 bridgehead atoms. The lowest BCUT2D eigenvalue weighted by Crippen LogP contribution is -1.97. The Bertz CT molecular complexity index is 602. The molecule has 2 rings (SSSR count). The molecule has 1 atom stereocenters. The number of alkyl halides is 1. The van der Waals surface area contributed by atoms with Gasteiger partial charge in [0.25, 0.3) is 0 Å². The molecule has 1 unspecified atom stereocenters. The maximum Gasteiger partial charge on any atom is 0.0595 e. The van der Waals surface area contributed by atoms with Crippen molar-refractivity contribution in [3.63, 3.8) is 0 Å². The van der Waals surface area contributed by atoms with Crippen LogP contribution in [0.2, 0.25) is 10.0 Å². The van der Waals surface area contributed by atoms with Crippen LogP contribution in [0.5, 0.6) is 0 Å². The van der Waals surface area contributed by atoms with E-state index in [9.17, 15) is 0 Å². The minimum atomic E-state index is 0.230. The minimum Gasteiger partial charge on any atom is -0.0835 e. The van der Waals surface area contributed by atoms with Crippen LogP contribution in [0.1, 0.15) is 16.0 Å². The van der Waals surface area contributed by atoms with E-state index in [1.165, 1.54) is 9.13 Å². The third kappa shape index (κ3) is 4.34. The Hall–Kier alpha value is 0.710. The van der Waals surface area contributed by atoms with Crippen molar-refractivity contribution in [2.24, 2.45) is 0 Å². The Labute approximate surface area is 153 Å². The molecule has 0 fully saturated rings. The van der Waals surface area contributed by atoms with Crippen molar-refractivity contribution in [2.45, 2.75) is 11.2 Å². The summed E-state index contributed by atoms with van der Waals surface area (Å²) in [7, 11) is 0. The van der Waals surface area contributed by atoms with Crippen LogP contribution in [0.15, 0.2) is 40.9 Å². The summed E-state index contributed by atoms with van der Waals surface area (Å²) in [6, 6.07) is 12.1. The first-order valence-corrected chi connectivity index (χ1v) is 9.04. The van der Waals surface area contributed by atoms with E-state index in [-0.39, 0.29) is 4.83 Å². The van der Waals surface area contributed by atoms with E-state index < -0.39 is 0 Å². The lowest BCUT2D eigenvalue weighted by molar-refractivity contribution is 0.942. The summed E-state index contributed by atoms with van der Waals surface area (Å²) in [5.74, 6) is 0. The summed E-state index contributed by atoms with van der Waals surface area (Å²) in [5, 5.41) is 1.19. The molecule has 5 heteroatoms. The van der Waals surface area contributed by atoms with Gasteiger partial charge in [-0.2, -0.15) is 0 Å². The third-order valence-corrected chi connectivity index (χ3v) is 5.64. The topological polar surface area (TPSA) is 0 Å². The molecule has 0 heterocycles. The number of hydrogen-bond acceptors (Lipinski definition) is 0. The Morgan fingerprint density at radius 2 is 1.79 bits per heavy atom. The monoisotopic (exact) mass is 532 g/mol. The molecule has 0 radical (unpaired) electrons. The lowest BCUT2D eigenvalue weighted by atomic mass is 10.0. The van der Waals surface area contributed by atoms with Gasteiger partial charge < -0.3 is 0 Å². The van der Waals surface area contributed by atoms with Gasteiger partial charge in [0.15, 0.2) is 0 Å². The first-order chi connectivity index (χ1) is 8.97. The van der Waals surface area contributed by atoms with E-state index in [4.69, 9.17) is 23.2 Å². The van der Waals surface area contributed by atoms with Crippen LogP contribution in [0.3, 0.4) is 0 Å². The van der Waals surface area contributed by atoms with E-state index in [2.05, 4.69) is 72.6 Å². The molecule has 0 saturated heterocycles. The molecule has 2 aromatic rings. The minimum absolute atomic E-state index is 0.230. The number of benzene rings is 2. The van der Waals surface area contributed by atoms with Gasteiger partial charge in [0.2, 0.25) is 0 Å². The van der Waals surface area contributed by atoms with Gasteiger partial charge in [0.1, 0.15) is 0 Å². The molecule has 19 heavy (non-hydrogen) atoms. The quantitative estimate of drug-likeness (QED) is 0.293. The zero-order valence-electron chi connectivity index (χ0n) is 9.64. The summed E-state index contributed by atoms with van der Waals surface area (Å²) in [5.41, 5.74) is 2.39. The second kappa shape index (κ2) is 7.12. The molecule has 2 aromatic carbocycles. The summed E-state index contributed by atoms with van der Waals surface area (Å²) in [6.07, 6.45) is 0.857. The van der Waals surface area contributed by atoms with Gasteiger partial charge in [-0.1, -0.05) is 61.1 Å². The van der Waals surface area contributed by atoms with Gasteiger partial charge in [0, 0.05) is 12.9 Å². The van der Waals surface area contributed by atoms with Gasteiger partial charge in [-0.25, -0.2) is 0 Å². The zero-order valence-corrected chi connectivity index (χ0v) is 16.5. The maximum atomic E-state index is 6.04. The second-order valence-corrected chi connectivity index (χ2v) is 8.11. The molecule has 0 aliphatic heterocycles. The molecule has 100 valence electrons. The van der Waals surface area contributed by atoms with E-state index in [1.54, 1.807) is 0 Å². The summed E-state index contributed by atoms with van der Waals surface area (Å²) >= 11 is 21.6. The maximum absolute atomic E-state index is 6.04. The summed E-state index contributed by atoms with van der Waals surface area (Å²) in [4.78, 5) is 0.230. The van der Waals surface area contributed by atoms with Crippen LogP contribution in [0, 0.1) is 3.57 Å². The van der Waals surface area contributed by atoms with Crippen molar-refractivity contribution in [1.29, 1.82) is 0 Å². The van der Waals surface area contributed by atoms with Gasteiger partial charge in [0.05, 0.1) is 10.0 Å². The molecule has 0 N–H and O–H groups in total. The average molecular weight is 535 g/mol. The Kier molecular flexibility index (Phi) is 6.03. The largest absolute Gasteiger partial charge is 0.0835 e. The Balaban J connectivity index is 2.22. The first kappa shape index (κ1) is 16.1. The molecule has 0 spiro atoms. The highest BCUT2D eigenvalue weighted by Gasteiger charge is 2.13. The van der Waals surface area contributed by atoms with Gasteiger partial charge in [-0.05, 0) is 70.5 Å². The van der Waals surface area contributed by atoms with Crippen LogP contribution in [-0.4, -0.2) is 0 Å². The van der Waals surface area contributed by atoms with Gasteiger partial charge >= 0.3 is 0 Å². The molecule has 0 saturated carbocycles. The van der Waals surface area contributed by atoms with Crippen molar-refractivity contribution >= 4 is 77.7 Å². The fourth-order valence-electron chi connectivity index (χ4n) is 1.74. The van der Waals surface area contributed by atoms with Crippen molar-refractivity contribution < 1.29 is 0 Å². The van der Waals surface area contributed by atoms with E-state index in [0.717, 1.165) is 16.5 Å². The fourth-order valence-corrected chi connectivity index (χ4v) is 4.16. The highest BCUT2D eigenvalue weighted by atomic mass is 127. The Morgan fingerprint density at radius 1 is 1.05 bits per heavy atom. The highest BCUT2D eigenvalue weighted by Crippen LogP contribution is 2.34. The van der Waals surface area contributed by atoms with Crippen molar-refractivity contribution in [1.82, 2.24) is 0 Å². The number of hydrogen-bond donors (Lipinski definition) is 0. The van der Waals surface area contributed by atoms with Crippen LogP contribution in [0.25, 0.3) is 0 Å². The van der Waals surface area contributed by atoms with Crippen molar-refractivity contribution in [3.8, 4) is 0 Å². The average Bonchev–Trinajstić information content (AvgIpc) is 2.36. The predicted molar refractivity (Wildman–Crippen MR) is 98.7 cm³/mol. The SMILES string of the molecule is Clc1ccc(CC(Br)c2cc(I)ccc2Br)cc1Cl. The molecular weight excluding hydrogens is 526 g/mol. The molecule has 0 aromatic heterocycles. The summed E-state index contributed by atoms with van der Waals surface area (Å²) < 4.78 is 2.32. The normalized spacial score (nSPS) is 12.5. The van der Waals surface area contributed by atoms with Crippen molar-refractivity contribution in [3.05, 3.63) is 65.6 Å². The lowest BCUT2D eigenvalue weighted by Gasteiger charge is -2.13. The molecule has 0 amide bonds. The van der Waals surface area contributed by atoms with Gasteiger partial charge in [-0.3, -0.25) is 0 Å². The standard InChI is InChI=1S/C14H9Br2Cl2I/c15-11-3-2-9(19)7-10(11)12(16)5-8-1-4-13(17)14(18)6-8/h1-4,6-7,12H,5H2.